The molecule has 1 atom stereocenters. The van der Waals surface area contributed by atoms with Gasteiger partial charge in [-0.05, 0) is 19.3 Å². The molecule has 0 amide bonds. The molecule has 0 bridgehead atoms. The largest absolute Gasteiger partial charge is 0.374 e. The van der Waals surface area contributed by atoms with Gasteiger partial charge < -0.3 is 4.74 Å². The lowest BCUT2D eigenvalue weighted by molar-refractivity contribution is -0.131. The van der Waals surface area contributed by atoms with Crippen LogP contribution in [0.1, 0.15) is 33.1 Å². The smallest absolute Gasteiger partial charge is 0.161 e. The first-order valence-corrected chi connectivity index (χ1v) is 3.40. The zero-order valence-corrected chi connectivity index (χ0v) is 5.72. The Morgan fingerprint density at radius 2 is 2.20 bits per heavy atom. The van der Waals surface area contributed by atoms with Crippen LogP contribution in [0.2, 0.25) is 0 Å². The van der Waals surface area contributed by atoms with Gasteiger partial charge in [-0.1, -0.05) is 7.43 Å². The van der Waals surface area contributed by atoms with Crippen LogP contribution in [-0.2, 0) is 9.53 Å². The van der Waals surface area contributed by atoms with Crippen molar-refractivity contribution in [1.82, 2.24) is 0 Å². The fourth-order valence-electron chi connectivity index (χ4n) is 1.20. The fraction of sp³-hybridized carbons (Fsp3) is 0.875. The number of methoxy groups -OCH3 is 1. The third kappa shape index (κ3) is 2.10. The molecule has 0 aromatic rings. The third-order valence-corrected chi connectivity index (χ3v) is 1.78. The summed E-state index contributed by atoms with van der Waals surface area (Å²) in [6.45, 7) is 0. The first-order valence-electron chi connectivity index (χ1n) is 3.40. The van der Waals surface area contributed by atoms with Crippen molar-refractivity contribution in [1.29, 1.82) is 0 Å². The molecule has 1 rings (SSSR count). The van der Waals surface area contributed by atoms with Crippen molar-refractivity contribution in [3.05, 3.63) is 0 Å². The van der Waals surface area contributed by atoms with Gasteiger partial charge in [0.05, 0.1) is 0 Å². The molecule has 0 aromatic carbocycles. The molecule has 1 unspecified atom stereocenters. The van der Waals surface area contributed by atoms with Crippen molar-refractivity contribution in [2.45, 2.75) is 39.2 Å². The molecule has 1 fully saturated rings. The molecular formula is C8H16O2. The van der Waals surface area contributed by atoms with Crippen LogP contribution in [0.3, 0.4) is 0 Å². The average molecular weight is 144 g/mol. The van der Waals surface area contributed by atoms with E-state index >= 15 is 0 Å². The number of carbonyl (C=O) groups is 1. The Hall–Kier alpha value is -0.370. The van der Waals surface area contributed by atoms with E-state index in [9.17, 15) is 4.79 Å². The lowest BCUT2D eigenvalue weighted by Crippen LogP contribution is -2.26. The van der Waals surface area contributed by atoms with Gasteiger partial charge in [-0.3, -0.25) is 4.79 Å². The number of carbonyl (C=O) groups excluding carboxylic acids is 1. The number of Topliss-reactive ketones (excluding diaryl/α,β-unsaturated/α-hetero) is 1. The van der Waals surface area contributed by atoms with Crippen molar-refractivity contribution >= 4 is 5.78 Å². The molecule has 2 nitrogen and oxygen atoms in total. The maximum atomic E-state index is 10.9. The molecule has 0 heterocycles. The van der Waals surface area contributed by atoms with E-state index < -0.39 is 0 Å². The van der Waals surface area contributed by atoms with Gasteiger partial charge in [0.25, 0.3) is 0 Å². The number of ketones is 1. The molecule has 0 saturated heterocycles. The molecular weight excluding hydrogens is 128 g/mol. The van der Waals surface area contributed by atoms with Crippen molar-refractivity contribution < 1.29 is 9.53 Å². The van der Waals surface area contributed by atoms with Crippen molar-refractivity contribution in [3.63, 3.8) is 0 Å². The van der Waals surface area contributed by atoms with Crippen molar-refractivity contribution in [2.75, 3.05) is 7.11 Å². The Labute approximate surface area is 62.6 Å². The van der Waals surface area contributed by atoms with Gasteiger partial charge in [-0.15, -0.1) is 0 Å². The first kappa shape index (κ1) is 9.63. The molecule has 1 aliphatic carbocycles. The van der Waals surface area contributed by atoms with Crippen LogP contribution < -0.4 is 0 Å². The van der Waals surface area contributed by atoms with Gasteiger partial charge in [0, 0.05) is 13.5 Å². The zero-order chi connectivity index (χ0) is 6.69. The van der Waals surface area contributed by atoms with E-state index in [0.29, 0.717) is 0 Å². The van der Waals surface area contributed by atoms with Gasteiger partial charge in [-0.2, -0.15) is 0 Å². The molecule has 2 heteroatoms. The zero-order valence-electron chi connectivity index (χ0n) is 5.72. The normalized spacial score (nSPS) is 25.7. The summed E-state index contributed by atoms with van der Waals surface area (Å²) in [5.74, 6) is 0.281. The minimum atomic E-state index is -0.0845. The highest BCUT2D eigenvalue weighted by Gasteiger charge is 2.20. The predicted octanol–water partition coefficient (Wildman–Crippen LogP) is 1.78. The van der Waals surface area contributed by atoms with Crippen LogP contribution >= 0.6 is 0 Å². The quantitative estimate of drug-likeness (QED) is 0.560. The van der Waals surface area contributed by atoms with E-state index in [0.717, 1.165) is 25.7 Å². The van der Waals surface area contributed by atoms with Crippen molar-refractivity contribution in [2.24, 2.45) is 0 Å². The summed E-state index contributed by atoms with van der Waals surface area (Å²) >= 11 is 0. The minimum absolute atomic E-state index is 0. The third-order valence-electron chi connectivity index (χ3n) is 1.78. The van der Waals surface area contributed by atoms with E-state index in [1.807, 2.05) is 0 Å². The summed E-state index contributed by atoms with van der Waals surface area (Å²) in [5, 5.41) is 0. The van der Waals surface area contributed by atoms with Crippen molar-refractivity contribution in [3.8, 4) is 0 Å². The number of rotatable bonds is 1. The number of hydrogen-bond donors (Lipinski definition) is 0. The Morgan fingerprint density at radius 3 is 2.60 bits per heavy atom. The monoisotopic (exact) mass is 144 g/mol. The first-order chi connectivity index (χ1) is 4.34. The maximum absolute atomic E-state index is 10.9. The Morgan fingerprint density at radius 1 is 1.50 bits per heavy atom. The second-order valence-corrected chi connectivity index (χ2v) is 2.44. The summed E-state index contributed by atoms with van der Waals surface area (Å²) in [6.07, 6.45) is 3.76. The molecule has 0 spiro atoms. The highest BCUT2D eigenvalue weighted by molar-refractivity contribution is 5.83. The summed E-state index contributed by atoms with van der Waals surface area (Å²) < 4.78 is 4.95. The SMILES string of the molecule is C.COC1CCCCC1=O. The summed E-state index contributed by atoms with van der Waals surface area (Å²) in [7, 11) is 1.61. The molecule has 0 aliphatic heterocycles. The van der Waals surface area contributed by atoms with E-state index in [4.69, 9.17) is 4.74 Å². The molecule has 0 N–H and O–H groups in total. The lowest BCUT2D eigenvalue weighted by Gasteiger charge is -2.17. The Balaban J connectivity index is 0.000000810. The Kier molecular flexibility index (Phi) is 4.28. The van der Waals surface area contributed by atoms with Crippen LogP contribution in [0.15, 0.2) is 0 Å². The number of ether oxygens (including phenoxy) is 1. The van der Waals surface area contributed by atoms with Gasteiger partial charge in [-0.25, -0.2) is 0 Å². The standard InChI is InChI=1S/C7H12O2.CH4/c1-9-7-5-3-2-4-6(7)8;/h7H,2-5H2,1H3;1H4. The second kappa shape index (κ2) is 4.45. The summed E-state index contributed by atoms with van der Waals surface area (Å²) in [4.78, 5) is 10.9. The van der Waals surface area contributed by atoms with E-state index in [2.05, 4.69) is 0 Å². The average Bonchev–Trinajstić information content (AvgIpc) is 1.89. The van der Waals surface area contributed by atoms with E-state index in [-0.39, 0.29) is 19.3 Å². The van der Waals surface area contributed by atoms with E-state index in [1.165, 1.54) is 0 Å². The number of hydrogen-bond acceptors (Lipinski definition) is 2. The van der Waals surface area contributed by atoms with Gasteiger partial charge in [0.2, 0.25) is 0 Å². The van der Waals surface area contributed by atoms with Crippen LogP contribution in [-0.4, -0.2) is 19.0 Å². The molecule has 0 radical (unpaired) electrons. The van der Waals surface area contributed by atoms with Crippen LogP contribution in [0.4, 0.5) is 0 Å². The minimum Gasteiger partial charge on any atom is -0.374 e. The van der Waals surface area contributed by atoms with Gasteiger partial charge in [0.1, 0.15) is 6.10 Å². The lowest BCUT2D eigenvalue weighted by atomic mass is 9.96. The molecule has 0 aromatic heterocycles. The highest BCUT2D eigenvalue weighted by atomic mass is 16.5. The van der Waals surface area contributed by atoms with Gasteiger partial charge in [0.15, 0.2) is 5.78 Å². The van der Waals surface area contributed by atoms with E-state index in [1.54, 1.807) is 7.11 Å². The highest BCUT2D eigenvalue weighted by Crippen LogP contribution is 2.16. The van der Waals surface area contributed by atoms with Crippen LogP contribution in [0.25, 0.3) is 0 Å². The maximum Gasteiger partial charge on any atom is 0.161 e. The molecule has 1 saturated carbocycles. The second-order valence-electron chi connectivity index (χ2n) is 2.44. The van der Waals surface area contributed by atoms with Crippen LogP contribution in [0.5, 0.6) is 0 Å². The molecule has 10 heavy (non-hydrogen) atoms. The molecule has 60 valence electrons. The predicted molar refractivity (Wildman–Crippen MR) is 41.0 cm³/mol. The summed E-state index contributed by atoms with van der Waals surface area (Å²) in [6, 6.07) is 0. The van der Waals surface area contributed by atoms with Gasteiger partial charge >= 0.3 is 0 Å². The fourth-order valence-corrected chi connectivity index (χ4v) is 1.20. The topological polar surface area (TPSA) is 26.3 Å². The Bertz CT molecular complexity index is 110. The van der Waals surface area contributed by atoms with Crippen LogP contribution in [0, 0.1) is 0 Å². The molecule has 1 aliphatic rings. The summed E-state index contributed by atoms with van der Waals surface area (Å²) in [5.41, 5.74) is 0.